The lowest BCUT2D eigenvalue weighted by atomic mass is 10.5. The van der Waals surface area contributed by atoms with Crippen molar-refractivity contribution in [1.29, 1.82) is 0 Å². The van der Waals surface area contributed by atoms with Gasteiger partial charge < -0.3 is 0 Å². The second kappa shape index (κ2) is 2.73. The van der Waals surface area contributed by atoms with E-state index in [2.05, 4.69) is 15.1 Å². The molecule has 0 unspecified atom stereocenters. The average molecular weight is 160 g/mol. The highest BCUT2D eigenvalue weighted by atomic mass is 15.3. The van der Waals surface area contributed by atoms with Gasteiger partial charge in [0.2, 0.25) is 0 Å². The van der Waals surface area contributed by atoms with E-state index in [1.54, 1.807) is 17.1 Å². The summed E-state index contributed by atoms with van der Waals surface area (Å²) < 4.78 is 1.75. The third-order valence-corrected chi connectivity index (χ3v) is 1.53. The second-order valence-corrected chi connectivity index (χ2v) is 2.50. The molecular weight excluding hydrogens is 152 g/mol. The average Bonchev–Trinajstić information content (AvgIpc) is 2.54. The first-order chi connectivity index (χ1) is 5.86. The molecular formula is C8H8N4. The van der Waals surface area contributed by atoms with Gasteiger partial charge in [0.25, 0.3) is 0 Å². The molecule has 4 heteroatoms. The SMILES string of the molecule is Cc1ccn(-c2cncnc2)n1. The molecule has 2 aromatic heterocycles. The van der Waals surface area contributed by atoms with Crippen LogP contribution in [0.1, 0.15) is 5.69 Å². The van der Waals surface area contributed by atoms with E-state index in [0.717, 1.165) is 11.4 Å². The molecule has 0 aromatic carbocycles. The first kappa shape index (κ1) is 6.97. The lowest BCUT2D eigenvalue weighted by Crippen LogP contribution is -1.95. The van der Waals surface area contributed by atoms with Crippen LogP contribution in [0, 0.1) is 6.92 Å². The highest BCUT2D eigenvalue weighted by molar-refractivity contribution is 5.23. The van der Waals surface area contributed by atoms with Crippen molar-refractivity contribution in [3.05, 3.63) is 36.7 Å². The van der Waals surface area contributed by atoms with Crippen molar-refractivity contribution < 1.29 is 0 Å². The fourth-order valence-electron chi connectivity index (χ4n) is 0.968. The summed E-state index contributed by atoms with van der Waals surface area (Å²) in [4.78, 5) is 7.80. The molecule has 0 aliphatic heterocycles. The van der Waals surface area contributed by atoms with E-state index in [1.807, 2.05) is 19.2 Å². The molecule has 2 rings (SSSR count). The van der Waals surface area contributed by atoms with Crippen LogP contribution in [0.3, 0.4) is 0 Å². The van der Waals surface area contributed by atoms with Crippen LogP contribution in [0.25, 0.3) is 5.69 Å². The molecule has 0 bridgehead atoms. The maximum absolute atomic E-state index is 4.22. The third-order valence-electron chi connectivity index (χ3n) is 1.53. The number of aryl methyl sites for hydroxylation is 1. The summed E-state index contributed by atoms with van der Waals surface area (Å²) in [6.45, 7) is 1.94. The lowest BCUT2D eigenvalue weighted by Gasteiger charge is -1.96. The van der Waals surface area contributed by atoms with Crippen LogP contribution < -0.4 is 0 Å². The Morgan fingerprint density at radius 2 is 2.00 bits per heavy atom. The lowest BCUT2D eigenvalue weighted by molar-refractivity contribution is 0.848. The Hall–Kier alpha value is -1.71. The highest BCUT2D eigenvalue weighted by Crippen LogP contribution is 2.02. The van der Waals surface area contributed by atoms with Crippen LogP contribution in [0.15, 0.2) is 31.0 Å². The summed E-state index contributed by atoms with van der Waals surface area (Å²) in [7, 11) is 0. The van der Waals surface area contributed by atoms with Gasteiger partial charge >= 0.3 is 0 Å². The van der Waals surface area contributed by atoms with E-state index in [-0.39, 0.29) is 0 Å². The van der Waals surface area contributed by atoms with Gasteiger partial charge in [0, 0.05) is 6.20 Å². The summed E-state index contributed by atoms with van der Waals surface area (Å²) in [5.74, 6) is 0. The van der Waals surface area contributed by atoms with E-state index >= 15 is 0 Å². The molecule has 0 fully saturated rings. The Morgan fingerprint density at radius 1 is 1.25 bits per heavy atom. The Morgan fingerprint density at radius 3 is 2.58 bits per heavy atom. The summed E-state index contributed by atoms with van der Waals surface area (Å²) >= 11 is 0. The summed E-state index contributed by atoms with van der Waals surface area (Å²) in [6, 6.07) is 1.94. The maximum Gasteiger partial charge on any atom is 0.115 e. The molecule has 0 aliphatic rings. The minimum absolute atomic E-state index is 0.880. The summed E-state index contributed by atoms with van der Waals surface area (Å²) in [5.41, 5.74) is 1.87. The van der Waals surface area contributed by atoms with Crippen molar-refractivity contribution in [2.24, 2.45) is 0 Å². The molecule has 0 saturated carbocycles. The zero-order valence-electron chi connectivity index (χ0n) is 6.68. The van der Waals surface area contributed by atoms with Crippen molar-refractivity contribution in [3.8, 4) is 5.69 Å². The Kier molecular flexibility index (Phi) is 1.59. The van der Waals surface area contributed by atoms with Crippen LogP contribution in [0.4, 0.5) is 0 Å². The third kappa shape index (κ3) is 1.18. The van der Waals surface area contributed by atoms with Crippen LogP contribution >= 0.6 is 0 Å². The smallest absolute Gasteiger partial charge is 0.115 e. The van der Waals surface area contributed by atoms with Gasteiger partial charge in [-0.05, 0) is 13.0 Å². The molecule has 0 saturated heterocycles. The van der Waals surface area contributed by atoms with Gasteiger partial charge in [-0.3, -0.25) is 0 Å². The quantitative estimate of drug-likeness (QED) is 0.624. The minimum atomic E-state index is 0.880. The topological polar surface area (TPSA) is 43.6 Å². The monoisotopic (exact) mass is 160 g/mol. The summed E-state index contributed by atoms with van der Waals surface area (Å²) in [6.07, 6.45) is 6.83. The highest BCUT2D eigenvalue weighted by Gasteiger charge is 1.96. The van der Waals surface area contributed by atoms with Gasteiger partial charge in [-0.15, -0.1) is 0 Å². The minimum Gasteiger partial charge on any atom is -0.243 e. The number of aromatic nitrogens is 4. The Balaban J connectivity index is 2.45. The first-order valence-corrected chi connectivity index (χ1v) is 3.64. The summed E-state index contributed by atoms with van der Waals surface area (Å²) in [5, 5.41) is 4.22. The molecule has 60 valence electrons. The van der Waals surface area contributed by atoms with Crippen molar-refractivity contribution >= 4 is 0 Å². The van der Waals surface area contributed by atoms with E-state index in [4.69, 9.17) is 0 Å². The molecule has 0 N–H and O–H groups in total. The molecule has 4 nitrogen and oxygen atoms in total. The molecule has 0 radical (unpaired) electrons. The van der Waals surface area contributed by atoms with Crippen LogP contribution in [-0.2, 0) is 0 Å². The number of hydrogen-bond donors (Lipinski definition) is 0. The first-order valence-electron chi connectivity index (χ1n) is 3.64. The zero-order chi connectivity index (χ0) is 8.39. The Bertz CT molecular complexity index is 366. The van der Waals surface area contributed by atoms with E-state index in [0.29, 0.717) is 0 Å². The van der Waals surface area contributed by atoms with E-state index < -0.39 is 0 Å². The van der Waals surface area contributed by atoms with Crippen LogP contribution in [0.5, 0.6) is 0 Å². The Labute approximate surface area is 69.9 Å². The number of hydrogen-bond acceptors (Lipinski definition) is 3. The van der Waals surface area contributed by atoms with E-state index in [1.165, 1.54) is 6.33 Å². The van der Waals surface area contributed by atoms with Gasteiger partial charge in [0.05, 0.1) is 18.1 Å². The predicted molar refractivity (Wildman–Crippen MR) is 43.9 cm³/mol. The largest absolute Gasteiger partial charge is 0.243 e. The van der Waals surface area contributed by atoms with Gasteiger partial charge in [0.15, 0.2) is 0 Å². The molecule has 2 heterocycles. The van der Waals surface area contributed by atoms with Gasteiger partial charge in [0.1, 0.15) is 12.0 Å². The van der Waals surface area contributed by atoms with Crippen LogP contribution in [0.2, 0.25) is 0 Å². The normalized spacial score (nSPS) is 10.1. The molecule has 0 aliphatic carbocycles. The van der Waals surface area contributed by atoms with Crippen molar-refractivity contribution in [2.75, 3.05) is 0 Å². The molecule has 0 atom stereocenters. The standard InChI is InChI=1S/C8H8N4/c1-7-2-3-12(11-7)8-4-9-6-10-5-8/h2-6H,1H3. The number of nitrogens with zero attached hydrogens (tertiary/aromatic N) is 4. The number of rotatable bonds is 1. The molecule has 0 amide bonds. The van der Waals surface area contributed by atoms with Gasteiger partial charge in [-0.25, -0.2) is 14.6 Å². The van der Waals surface area contributed by atoms with Crippen molar-refractivity contribution in [1.82, 2.24) is 19.7 Å². The van der Waals surface area contributed by atoms with E-state index in [9.17, 15) is 0 Å². The molecule has 2 aromatic rings. The maximum atomic E-state index is 4.22. The predicted octanol–water partition coefficient (Wildman–Crippen LogP) is 0.971. The molecule has 12 heavy (non-hydrogen) atoms. The van der Waals surface area contributed by atoms with Gasteiger partial charge in [-0.2, -0.15) is 5.10 Å². The second-order valence-electron chi connectivity index (χ2n) is 2.50. The van der Waals surface area contributed by atoms with Gasteiger partial charge in [-0.1, -0.05) is 0 Å². The molecule has 0 spiro atoms. The van der Waals surface area contributed by atoms with Crippen LogP contribution in [-0.4, -0.2) is 19.7 Å². The van der Waals surface area contributed by atoms with Crippen molar-refractivity contribution in [3.63, 3.8) is 0 Å². The fraction of sp³-hybridized carbons (Fsp3) is 0.125. The van der Waals surface area contributed by atoms with Crippen molar-refractivity contribution in [2.45, 2.75) is 6.92 Å². The zero-order valence-corrected chi connectivity index (χ0v) is 6.68. The fourth-order valence-corrected chi connectivity index (χ4v) is 0.968.